The molecular weight excluding hydrogens is 298 g/mol. The SMILES string of the molecule is CCN1CCC2(CC1)OC[C@@H](C(=O)O)N2C(=O)c1cccnc1. The molecule has 7 nitrogen and oxygen atoms in total. The first kappa shape index (κ1) is 15.9. The van der Waals surface area contributed by atoms with E-state index in [2.05, 4.69) is 16.8 Å². The summed E-state index contributed by atoms with van der Waals surface area (Å²) >= 11 is 0. The van der Waals surface area contributed by atoms with Gasteiger partial charge in [0.15, 0.2) is 6.04 Å². The largest absolute Gasteiger partial charge is 0.480 e. The van der Waals surface area contributed by atoms with Crippen LogP contribution in [-0.2, 0) is 9.53 Å². The van der Waals surface area contributed by atoms with Crippen molar-refractivity contribution in [2.75, 3.05) is 26.2 Å². The molecule has 1 amide bonds. The van der Waals surface area contributed by atoms with Crippen molar-refractivity contribution >= 4 is 11.9 Å². The van der Waals surface area contributed by atoms with E-state index in [1.165, 1.54) is 11.1 Å². The summed E-state index contributed by atoms with van der Waals surface area (Å²) in [6.45, 7) is 4.65. The van der Waals surface area contributed by atoms with Crippen LogP contribution in [0.25, 0.3) is 0 Å². The lowest BCUT2D eigenvalue weighted by molar-refractivity contribution is -0.143. The number of amides is 1. The van der Waals surface area contributed by atoms with Crippen LogP contribution in [-0.4, -0.2) is 69.8 Å². The van der Waals surface area contributed by atoms with Gasteiger partial charge in [-0.15, -0.1) is 0 Å². The number of hydrogen-bond donors (Lipinski definition) is 1. The van der Waals surface area contributed by atoms with Crippen molar-refractivity contribution in [3.05, 3.63) is 30.1 Å². The highest BCUT2D eigenvalue weighted by molar-refractivity contribution is 5.97. The average Bonchev–Trinajstić information content (AvgIpc) is 2.95. The zero-order valence-corrected chi connectivity index (χ0v) is 13.1. The molecule has 3 rings (SSSR count). The Labute approximate surface area is 134 Å². The predicted octanol–water partition coefficient (Wildman–Crippen LogP) is 0.819. The van der Waals surface area contributed by atoms with E-state index in [1.807, 2.05) is 0 Å². The molecule has 2 fully saturated rings. The van der Waals surface area contributed by atoms with Gasteiger partial charge in [-0.1, -0.05) is 6.92 Å². The minimum Gasteiger partial charge on any atom is -0.480 e. The standard InChI is InChI=1S/C16H21N3O4/c1-2-18-8-5-16(6-9-18)19(13(11-23-16)15(21)22)14(20)12-4-3-7-17-10-12/h3-4,7,10,13H,2,5-6,8-9,11H2,1H3,(H,21,22)/t13-/m0/s1. The fourth-order valence-electron chi connectivity index (χ4n) is 3.40. The van der Waals surface area contributed by atoms with E-state index in [-0.39, 0.29) is 12.5 Å². The lowest BCUT2D eigenvalue weighted by atomic mass is 9.97. The molecule has 23 heavy (non-hydrogen) atoms. The van der Waals surface area contributed by atoms with E-state index in [9.17, 15) is 14.7 Å². The Morgan fingerprint density at radius 1 is 1.43 bits per heavy atom. The third-order valence-electron chi connectivity index (χ3n) is 4.76. The van der Waals surface area contributed by atoms with Crippen molar-refractivity contribution in [3.8, 4) is 0 Å². The zero-order chi connectivity index (χ0) is 16.4. The van der Waals surface area contributed by atoms with Gasteiger partial charge in [0.1, 0.15) is 5.72 Å². The van der Waals surface area contributed by atoms with E-state index in [4.69, 9.17) is 4.74 Å². The molecule has 0 bridgehead atoms. The lowest BCUT2D eigenvalue weighted by Crippen LogP contribution is -2.58. The van der Waals surface area contributed by atoms with E-state index < -0.39 is 17.7 Å². The fourth-order valence-corrected chi connectivity index (χ4v) is 3.40. The molecule has 1 aromatic heterocycles. The van der Waals surface area contributed by atoms with Crippen molar-refractivity contribution in [2.24, 2.45) is 0 Å². The maximum Gasteiger partial charge on any atom is 0.328 e. The molecule has 0 radical (unpaired) electrons. The van der Waals surface area contributed by atoms with E-state index in [1.54, 1.807) is 18.3 Å². The molecule has 1 spiro atoms. The Morgan fingerprint density at radius 3 is 2.74 bits per heavy atom. The third-order valence-corrected chi connectivity index (χ3v) is 4.76. The van der Waals surface area contributed by atoms with Gasteiger partial charge in [0.05, 0.1) is 12.2 Å². The van der Waals surface area contributed by atoms with Gasteiger partial charge < -0.3 is 14.7 Å². The molecule has 1 atom stereocenters. The molecule has 2 aliphatic rings. The predicted molar refractivity (Wildman–Crippen MR) is 81.9 cm³/mol. The van der Waals surface area contributed by atoms with Crippen LogP contribution in [0.3, 0.4) is 0 Å². The van der Waals surface area contributed by atoms with Gasteiger partial charge in [0.2, 0.25) is 0 Å². The number of aromatic nitrogens is 1. The first-order chi connectivity index (χ1) is 11.1. The second-order valence-electron chi connectivity index (χ2n) is 5.96. The summed E-state index contributed by atoms with van der Waals surface area (Å²) in [5.74, 6) is -1.36. The summed E-state index contributed by atoms with van der Waals surface area (Å²) in [6, 6.07) is 2.38. The molecule has 7 heteroatoms. The number of carboxylic acid groups (broad SMARTS) is 1. The fraction of sp³-hybridized carbons (Fsp3) is 0.562. The summed E-state index contributed by atoms with van der Waals surface area (Å²) in [5.41, 5.74) is -0.427. The molecule has 0 aliphatic carbocycles. The normalized spacial score (nSPS) is 24.0. The van der Waals surface area contributed by atoms with E-state index in [0.717, 1.165) is 19.6 Å². The number of aliphatic carboxylic acids is 1. The Hall–Kier alpha value is -1.99. The monoisotopic (exact) mass is 319 g/mol. The Kier molecular flexibility index (Phi) is 4.32. The first-order valence-corrected chi connectivity index (χ1v) is 7.90. The van der Waals surface area contributed by atoms with Gasteiger partial charge in [0.25, 0.3) is 5.91 Å². The number of hydrogen-bond acceptors (Lipinski definition) is 5. The topological polar surface area (TPSA) is 83.0 Å². The van der Waals surface area contributed by atoms with Crippen LogP contribution in [0, 0.1) is 0 Å². The Bertz CT molecular complexity index is 584. The number of piperidine rings is 1. The van der Waals surface area contributed by atoms with Gasteiger partial charge >= 0.3 is 5.97 Å². The van der Waals surface area contributed by atoms with Gasteiger partial charge in [-0.2, -0.15) is 0 Å². The van der Waals surface area contributed by atoms with Crippen LogP contribution >= 0.6 is 0 Å². The van der Waals surface area contributed by atoms with Crippen molar-refractivity contribution in [3.63, 3.8) is 0 Å². The minimum absolute atomic E-state index is 0.0352. The quantitative estimate of drug-likeness (QED) is 0.888. The molecule has 124 valence electrons. The maximum atomic E-state index is 12.9. The molecule has 0 unspecified atom stereocenters. The number of rotatable bonds is 3. The van der Waals surface area contributed by atoms with Gasteiger partial charge in [-0.25, -0.2) is 4.79 Å². The van der Waals surface area contributed by atoms with Crippen LogP contribution in [0.4, 0.5) is 0 Å². The maximum absolute atomic E-state index is 12.9. The molecule has 2 aliphatic heterocycles. The summed E-state index contributed by atoms with van der Waals surface area (Å²) in [5, 5.41) is 9.49. The Morgan fingerprint density at radius 2 is 2.17 bits per heavy atom. The first-order valence-electron chi connectivity index (χ1n) is 7.90. The number of likely N-dealkylation sites (tertiary alicyclic amines) is 1. The highest BCUT2D eigenvalue weighted by atomic mass is 16.5. The third kappa shape index (κ3) is 2.82. The van der Waals surface area contributed by atoms with Gasteiger partial charge in [-0.05, 0) is 18.7 Å². The lowest BCUT2D eigenvalue weighted by Gasteiger charge is -2.44. The number of carbonyl (C=O) groups excluding carboxylic acids is 1. The van der Waals surface area contributed by atoms with Crippen LogP contribution in [0.15, 0.2) is 24.5 Å². The zero-order valence-electron chi connectivity index (χ0n) is 13.1. The van der Waals surface area contributed by atoms with Gasteiger partial charge in [0, 0.05) is 38.3 Å². The number of ether oxygens (including phenoxy) is 1. The number of carbonyl (C=O) groups is 2. The van der Waals surface area contributed by atoms with Crippen molar-refractivity contribution in [1.82, 2.24) is 14.8 Å². The molecule has 0 saturated carbocycles. The van der Waals surface area contributed by atoms with Crippen LogP contribution in [0.2, 0.25) is 0 Å². The molecule has 3 heterocycles. The summed E-state index contributed by atoms with van der Waals surface area (Å²) < 4.78 is 5.88. The van der Waals surface area contributed by atoms with Gasteiger partial charge in [-0.3, -0.25) is 14.7 Å². The van der Waals surface area contributed by atoms with Crippen molar-refractivity contribution < 1.29 is 19.4 Å². The van der Waals surface area contributed by atoms with E-state index >= 15 is 0 Å². The van der Waals surface area contributed by atoms with Crippen LogP contribution < -0.4 is 0 Å². The molecular formula is C16H21N3O4. The highest BCUT2D eigenvalue weighted by Crippen LogP contribution is 2.38. The Balaban J connectivity index is 1.91. The van der Waals surface area contributed by atoms with Crippen molar-refractivity contribution in [2.45, 2.75) is 31.5 Å². The number of carboxylic acids is 1. The van der Waals surface area contributed by atoms with Crippen molar-refractivity contribution in [1.29, 1.82) is 0 Å². The molecule has 2 saturated heterocycles. The average molecular weight is 319 g/mol. The second-order valence-corrected chi connectivity index (χ2v) is 5.96. The number of nitrogens with zero attached hydrogens (tertiary/aromatic N) is 3. The highest BCUT2D eigenvalue weighted by Gasteiger charge is 2.53. The summed E-state index contributed by atoms with van der Waals surface area (Å²) in [6.07, 6.45) is 4.29. The summed E-state index contributed by atoms with van der Waals surface area (Å²) in [4.78, 5) is 32.2. The van der Waals surface area contributed by atoms with Crippen LogP contribution in [0.1, 0.15) is 30.1 Å². The molecule has 1 N–H and O–H groups in total. The smallest absolute Gasteiger partial charge is 0.328 e. The summed E-state index contributed by atoms with van der Waals surface area (Å²) in [7, 11) is 0. The number of pyridine rings is 1. The minimum atomic E-state index is -1.03. The molecule has 1 aromatic rings. The second kappa shape index (κ2) is 6.25. The van der Waals surface area contributed by atoms with Crippen LogP contribution in [0.5, 0.6) is 0 Å². The van der Waals surface area contributed by atoms with E-state index in [0.29, 0.717) is 18.4 Å². The molecule has 0 aromatic carbocycles.